The van der Waals surface area contributed by atoms with E-state index in [1.165, 1.54) is 0 Å². The van der Waals surface area contributed by atoms with E-state index in [2.05, 4.69) is 17.3 Å². The molecule has 0 saturated carbocycles. The highest BCUT2D eigenvalue weighted by molar-refractivity contribution is 5.85. The number of hydrogen-bond acceptors (Lipinski definition) is 2. The van der Waals surface area contributed by atoms with Crippen molar-refractivity contribution in [2.75, 3.05) is 6.61 Å². The summed E-state index contributed by atoms with van der Waals surface area (Å²) in [7, 11) is 0. The average molecular weight is 227 g/mol. The molecule has 17 heavy (non-hydrogen) atoms. The Balaban J connectivity index is 2.61. The topological polar surface area (TPSA) is 42.1 Å². The van der Waals surface area contributed by atoms with E-state index < -0.39 is 0 Å². The number of aromatic nitrogens is 1. The Bertz CT molecular complexity index is 649. The fourth-order valence-corrected chi connectivity index (χ4v) is 1.68. The lowest BCUT2D eigenvalue weighted by Crippen LogP contribution is -2.12. The minimum Gasteiger partial charge on any atom is -0.488 e. The molecule has 1 aromatic carbocycles. The minimum absolute atomic E-state index is 0.124. The standard InChI is InChI=1S/C14H13NO2/c1-3-4-9-17-13-10(2)14(16)15-12-8-6-5-7-11(12)13/h4-8H,1,9H2,2H3,(H,15,16). The van der Waals surface area contributed by atoms with Gasteiger partial charge in [0.05, 0.1) is 11.1 Å². The molecule has 86 valence electrons. The number of para-hydroxylation sites is 1. The molecule has 3 nitrogen and oxygen atoms in total. The number of pyridine rings is 1. The molecule has 0 amide bonds. The highest BCUT2D eigenvalue weighted by atomic mass is 16.5. The lowest BCUT2D eigenvalue weighted by Gasteiger charge is -2.09. The van der Waals surface area contributed by atoms with Gasteiger partial charge in [0.1, 0.15) is 12.4 Å². The Kier molecular flexibility index (Phi) is 3.12. The van der Waals surface area contributed by atoms with Crippen molar-refractivity contribution in [3.8, 4) is 5.75 Å². The van der Waals surface area contributed by atoms with E-state index in [1.807, 2.05) is 24.3 Å². The molecule has 0 radical (unpaired) electrons. The molecule has 0 atom stereocenters. The summed E-state index contributed by atoms with van der Waals surface area (Å²) in [6.45, 7) is 5.57. The van der Waals surface area contributed by atoms with Crippen LogP contribution in [0.25, 0.3) is 10.9 Å². The monoisotopic (exact) mass is 227 g/mol. The predicted molar refractivity (Wildman–Crippen MR) is 68.5 cm³/mol. The minimum atomic E-state index is -0.124. The largest absolute Gasteiger partial charge is 0.488 e. The van der Waals surface area contributed by atoms with E-state index in [4.69, 9.17) is 4.74 Å². The van der Waals surface area contributed by atoms with E-state index in [-0.39, 0.29) is 5.56 Å². The van der Waals surface area contributed by atoms with Crippen LogP contribution >= 0.6 is 0 Å². The summed E-state index contributed by atoms with van der Waals surface area (Å²) in [6.07, 6.45) is 1.68. The molecule has 0 aliphatic rings. The van der Waals surface area contributed by atoms with Gasteiger partial charge in [-0.1, -0.05) is 18.7 Å². The highest BCUT2D eigenvalue weighted by Crippen LogP contribution is 2.25. The van der Waals surface area contributed by atoms with Crippen LogP contribution in [0, 0.1) is 6.92 Å². The number of ether oxygens (including phenoxy) is 1. The number of benzene rings is 1. The van der Waals surface area contributed by atoms with Gasteiger partial charge >= 0.3 is 0 Å². The van der Waals surface area contributed by atoms with Crippen LogP contribution in [-0.4, -0.2) is 11.6 Å². The summed E-state index contributed by atoms with van der Waals surface area (Å²) in [4.78, 5) is 14.5. The summed E-state index contributed by atoms with van der Waals surface area (Å²) < 4.78 is 5.59. The maximum absolute atomic E-state index is 11.7. The van der Waals surface area contributed by atoms with Gasteiger partial charge in [-0.25, -0.2) is 0 Å². The molecular weight excluding hydrogens is 214 g/mol. The second-order valence-corrected chi connectivity index (χ2v) is 3.67. The average Bonchev–Trinajstić information content (AvgIpc) is 2.34. The first-order chi connectivity index (χ1) is 8.24. The molecule has 0 fully saturated rings. The Morgan fingerprint density at radius 2 is 2.24 bits per heavy atom. The van der Waals surface area contributed by atoms with E-state index in [0.29, 0.717) is 17.9 Å². The fourth-order valence-electron chi connectivity index (χ4n) is 1.68. The van der Waals surface area contributed by atoms with Crippen LogP contribution in [-0.2, 0) is 0 Å². The number of aromatic amines is 1. The predicted octanol–water partition coefficient (Wildman–Crippen LogP) is 2.56. The van der Waals surface area contributed by atoms with Crippen molar-refractivity contribution in [2.45, 2.75) is 6.92 Å². The third-order valence-electron chi connectivity index (χ3n) is 2.56. The van der Waals surface area contributed by atoms with Crippen LogP contribution in [0.5, 0.6) is 5.75 Å². The van der Waals surface area contributed by atoms with Gasteiger partial charge in [0.15, 0.2) is 0 Å². The third-order valence-corrected chi connectivity index (χ3v) is 2.56. The van der Waals surface area contributed by atoms with Gasteiger partial charge in [-0.3, -0.25) is 4.79 Å². The number of rotatable bonds is 3. The zero-order valence-electron chi connectivity index (χ0n) is 9.62. The Hall–Kier alpha value is -2.25. The Labute approximate surface area is 99.1 Å². The second kappa shape index (κ2) is 4.73. The number of nitrogens with one attached hydrogen (secondary N) is 1. The zero-order chi connectivity index (χ0) is 12.3. The fraction of sp³-hybridized carbons (Fsp3) is 0.143. The molecule has 0 bridgehead atoms. The van der Waals surface area contributed by atoms with Gasteiger partial charge in [0.2, 0.25) is 0 Å². The summed E-state index contributed by atoms with van der Waals surface area (Å²) >= 11 is 0. The van der Waals surface area contributed by atoms with Crippen LogP contribution in [0.3, 0.4) is 0 Å². The Morgan fingerprint density at radius 3 is 3.00 bits per heavy atom. The smallest absolute Gasteiger partial charge is 0.255 e. The first kappa shape index (κ1) is 11.2. The maximum atomic E-state index is 11.7. The van der Waals surface area contributed by atoms with Crippen LogP contribution in [0.4, 0.5) is 0 Å². The second-order valence-electron chi connectivity index (χ2n) is 3.67. The molecule has 0 saturated heterocycles. The lowest BCUT2D eigenvalue weighted by atomic mass is 10.1. The summed E-state index contributed by atoms with van der Waals surface area (Å²) in [6, 6.07) is 7.56. The molecule has 0 spiro atoms. The summed E-state index contributed by atoms with van der Waals surface area (Å²) in [5.41, 5.74) is 3.87. The quantitative estimate of drug-likeness (QED) is 0.819. The van der Waals surface area contributed by atoms with Crippen molar-refractivity contribution in [3.63, 3.8) is 0 Å². The van der Waals surface area contributed by atoms with Crippen molar-refractivity contribution >= 4 is 10.9 Å². The molecule has 1 N–H and O–H groups in total. The molecular formula is C14H13NO2. The summed E-state index contributed by atoms with van der Waals surface area (Å²) in [5, 5.41) is 0.905. The lowest BCUT2D eigenvalue weighted by molar-refractivity contribution is 0.364. The van der Waals surface area contributed by atoms with Crippen molar-refractivity contribution in [2.24, 2.45) is 0 Å². The number of fused-ring (bicyclic) bond motifs is 1. The van der Waals surface area contributed by atoms with E-state index in [9.17, 15) is 4.79 Å². The van der Waals surface area contributed by atoms with Crippen molar-refractivity contribution in [1.82, 2.24) is 4.98 Å². The van der Waals surface area contributed by atoms with Gasteiger partial charge in [-0.05, 0) is 25.1 Å². The number of hydrogen-bond donors (Lipinski definition) is 1. The molecule has 0 unspecified atom stereocenters. The van der Waals surface area contributed by atoms with Crippen LogP contribution < -0.4 is 10.3 Å². The molecule has 1 aromatic heterocycles. The maximum Gasteiger partial charge on any atom is 0.255 e. The van der Waals surface area contributed by atoms with Crippen LogP contribution in [0.15, 0.2) is 47.4 Å². The van der Waals surface area contributed by atoms with Gasteiger partial charge in [0, 0.05) is 5.39 Å². The van der Waals surface area contributed by atoms with Gasteiger partial charge in [-0.15, -0.1) is 5.73 Å². The first-order valence-electron chi connectivity index (χ1n) is 5.32. The first-order valence-corrected chi connectivity index (χ1v) is 5.32. The Morgan fingerprint density at radius 1 is 1.47 bits per heavy atom. The molecule has 0 aliphatic carbocycles. The molecule has 0 aliphatic heterocycles. The molecule has 1 heterocycles. The van der Waals surface area contributed by atoms with Crippen molar-refractivity contribution in [3.05, 3.63) is 58.6 Å². The summed E-state index contributed by atoms with van der Waals surface area (Å²) in [5.74, 6) is 0.621. The van der Waals surface area contributed by atoms with Crippen LogP contribution in [0.1, 0.15) is 5.56 Å². The highest BCUT2D eigenvalue weighted by Gasteiger charge is 2.09. The molecule has 2 aromatic rings. The normalized spacial score (nSPS) is 9.94. The van der Waals surface area contributed by atoms with Crippen molar-refractivity contribution < 1.29 is 4.74 Å². The SMILES string of the molecule is C=C=CCOc1c(C)c(=O)[nH]c2ccccc12. The molecule has 3 heteroatoms. The van der Waals surface area contributed by atoms with Gasteiger partial charge in [-0.2, -0.15) is 0 Å². The zero-order valence-corrected chi connectivity index (χ0v) is 9.62. The van der Waals surface area contributed by atoms with E-state index in [0.717, 1.165) is 10.9 Å². The van der Waals surface area contributed by atoms with Crippen molar-refractivity contribution in [1.29, 1.82) is 0 Å². The van der Waals surface area contributed by atoms with Gasteiger partial charge in [0.25, 0.3) is 5.56 Å². The molecule has 2 rings (SSSR count). The third kappa shape index (κ3) is 2.14. The van der Waals surface area contributed by atoms with E-state index in [1.54, 1.807) is 13.0 Å². The van der Waals surface area contributed by atoms with E-state index >= 15 is 0 Å². The van der Waals surface area contributed by atoms with Gasteiger partial charge < -0.3 is 9.72 Å². The van der Waals surface area contributed by atoms with Crippen LogP contribution in [0.2, 0.25) is 0 Å². The number of H-pyrrole nitrogens is 1.